The summed E-state index contributed by atoms with van der Waals surface area (Å²) in [5.41, 5.74) is 3.88. The van der Waals surface area contributed by atoms with Crippen LogP contribution in [0.4, 0.5) is 10.3 Å². The SMILES string of the molecule is CN1CCC(CNc2ncc3c(n2)C2C[C@H]2C=C3c2ccn3ncc(C(=O)NCC(C)(C)F)c3c2)CC1. The molecule has 2 aliphatic carbocycles. The zero-order chi connectivity index (χ0) is 25.7. The highest BCUT2D eigenvalue weighted by atomic mass is 19.1. The molecule has 1 saturated heterocycles. The highest BCUT2D eigenvalue weighted by molar-refractivity contribution is 6.01. The van der Waals surface area contributed by atoms with Gasteiger partial charge in [-0.3, -0.25) is 4.79 Å². The number of nitrogens with one attached hydrogen (secondary N) is 2. The van der Waals surface area contributed by atoms with Crippen molar-refractivity contribution < 1.29 is 9.18 Å². The van der Waals surface area contributed by atoms with Crippen LogP contribution in [0.5, 0.6) is 0 Å². The Kier molecular flexibility index (Phi) is 5.98. The summed E-state index contributed by atoms with van der Waals surface area (Å²) in [4.78, 5) is 24.8. The third-order valence-electron chi connectivity index (χ3n) is 7.81. The molecule has 2 N–H and O–H groups in total. The number of allylic oxidation sites excluding steroid dienone is 1. The van der Waals surface area contributed by atoms with Crippen molar-refractivity contribution >= 4 is 22.9 Å². The van der Waals surface area contributed by atoms with Crippen molar-refractivity contribution in [3.8, 4) is 0 Å². The topological polar surface area (TPSA) is 87.4 Å². The van der Waals surface area contributed by atoms with Gasteiger partial charge in [-0.15, -0.1) is 0 Å². The van der Waals surface area contributed by atoms with Crippen LogP contribution in [-0.2, 0) is 0 Å². The van der Waals surface area contributed by atoms with Crippen molar-refractivity contribution in [3.05, 3.63) is 59.2 Å². The molecule has 9 heteroatoms. The molecular formula is C28H34FN7O. The quantitative estimate of drug-likeness (QED) is 0.509. The number of hydrogen-bond donors (Lipinski definition) is 2. The molecule has 3 aliphatic rings. The number of amides is 1. The first-order valence-electron chi connectivity index (χ1n) is 13.2. The average Bonchev–Trinajstić information content (AvgIpc) is 3.55. The Morgan fingerprint density at radius 2 is 2.05 bits per heavy atom. The van der Waals surface area contributed by atoms with Crippen molar-refractivity contribution in [3.63, 3.8) is 0 Å². The number of piperidine rings is 1. The Bertz CT molecular complexity index is 1370. The van der Waals surface area contributed by atoms with Crippen LogP contribution in [0.1, 0.15) is 66.2 Å². The van der Waals surface area contributed by atoms with E-state index in [4.69, 9.17) is 4.98 Å². The molecule has 1 unspecified atom stereocenters. The van der Waals surface area contributed by atoms with Gasteiger partial charge in [-0.2, -0.15) is 5.10 Å². The predicted molar refractivity (Wildman–Crippen MR) is 141 cm³/mol. The fraction of sp³-hybridized carbons (Fsp3) is 0.500. The van der Waals surface area contributed by atoms with Crippen LogP contribution in [0.15, 0.2) is 36.8 Å². The van der Waals surface area contributed by atoms with Gasteiger partial charge in [-0.05, 0) is 88.4 Å². The number of carbonyl (C=O) groups excluding carboxylic acids is 1. The number of nitrogens with zero attached hydrogens (tertiary/aromatic N) is 5. The van der Waals surface area contributed by atoms with E-state index in [0.717, 1.165) is 48.4 Å². The van der Waals surface area contributed by atoms with E-state index >= 15 is 0 Å². The number of hydrogen-bond acceptors (Lipinski definition) is 6. The Morgan fingerprint density at radius 1 is 1.24 bits per heavy atom. The zero-order valence-corrected chi connectivity index (χ0v) is 21.7. The van der Waals surface area contributed by atoms with Crippen LogP contribution in [0.2, 0.25) is 0 Å². The summed E-state index contributed by atoms with van der Waals surface area (Å²) in [6, 6.07) is 3.99. The van der Waals surface area contributed by atoms with Crippen molar-refractivity contribution in [1.29, 1.82) is 0 Å². The molecule has 2 fully saturated rings. The minimum absolute atomic E-state index is 0.0596. The summed E-state index contributed by atoms with van der Waals surface area (Å²) < 4.78 is 15.6. The van der Waals surface area contributed by atoms with Gasteiger partial charge in [-0.1, -0.05) is 6.08 Å². The molecule has 0 aromatic carbocycles. The molecule has 0 radical (unpaired) electrons. The van der Waals surface area contributed by atoms with Crippen LogP contribution in [-0.4, -0.2) is 69.3 Å². The van der Waals surface area contributed by atoms with Gasteiger partial charge in [0, 0.05) is 30.4 Å². The van der Waals surface area contributed by atoms with E-state index < -0.39 is 5.67 Å². The van der Waals surface area contributed by atoms with Crippen LogP contribution < -0.4 is 10.6 Å². The van der Waals surface area contributed by atoms with Gasteiger partial charge < -0.3 is 15.5 Å². The Morgan fingerprint density at radius 3 is 2.84 bits per heavy atom. The lowest BCUT2D eigenvalue weighted by atomic mass is 9.91. The molecule has 1 aliphatic heterocycles. The Balaban J connectivity index is 1.24. The number of likely N-dealkylation sites (tertiary alicyclic amines) is 1. The van der Waals surface area contributed by atoms with Crippen molar-refractivity contribution in [1.82, 2.24) is 29.8 Å². The van der Waals surface area contributed by atoms with E-state index in [1.165, 1.54) is 32.9 Å². The molecule has 1 amide bonds. The van der Waals surface area contributed by atoms with Crippen molar-refractivity contribution in [2.75, 3.05) is 38.5 Å². The van der Waals surface area contributed by atoms with Gasteiger partial charge >= 0.3 is 0 Å². The minimum Gasteiger partial charge on any atom is -0.354 e. The number of fused-ring (bicyclic) bond motifs is 4. The molecule has 8 nitrogen and oxygen atoms in total. The average molecular weight is 504 g/mol. The minimum atomic E-state index is -1.48. The molecule has 0 bridgehead atoms. The highest BCUT2D eigenvalue weighted by Crippen LogP contribution is 2.55. The molecule has 1 saturated carbocycles. The van der Waals surface area contributed by atoms with Gasteiger partial charge in [0.05, 0.1) is 29.5 Å². The maximum absolute atomic E-state index is 13.9. The molecule has 194 valence electrons. The zero-order valence-electron chi connectivity index (χ0n) is 21.7. The molecule has 37 heavy (non-hydrogen) atoms. The number of carbonyl (C=O) groups is 1. The van der Waals surface area contributed by atoms with Crippen molar-refractivity contribution in [2.45, 2.75) is 44.7 Å². The summed E-state index contributed by atoms with van der Waals surface area (Å²) in [7, 11) is 2.18. The van der Waals surface area contributed by atoms with E-state index in [9.17, 15) is 9.18 Å². The van der Waals surface area contributed by atoms with Gasteiger partial charge in [0.2, 0.25) is 5.95 Å². The number of alkyl halides is 1. The second-order valence-electron chi connectivity index (χ2n) is 11.4. The molecule has 0 spiro atoms. The molecule has 6 rings (SSSR count). The maximum Gasteiger partial charge on any atom is 0.255 e. The van der Waals surface area contributed by atoms with Crippen LogP contribution in [0.3, 0.4) is 0 Å². The lowest BCUT2D eigenvalue weighted by Gasteiger charge is -2.29. The molecule has 3 aromatic rings. The smallest absolute Gasteiger partial charge is 0.255 e. The first-order chi connectivity index (χ1) is 17.7. The highest BCUT2D eigenvalue weighted by Gasteiger charge is 2.43. The first-order valence-corrected chi connectivity index (χ1v) is 13.2. The normalized spacial score (nSPS) is 21.8. The fourth-order valence-corrected chi connectivity index (χ4v) is 5.45. The third-order valence-corrected chi connectivity index (χ3v) is 7.81. The van der Waals surface area contributed by atoms with E-state index in [1.54, 1.807) is 4.52 Å². The number of halogens is 1. The van der Waals surface area contributed by atoms with Gasteiger partial charge in [0.15, 0.2) is 0 Å². The van der Waals surface area contributed by atoms with E-state index in [0.29, 0.717) is 34.8 Å². The van der Waals surface area contributed by atoms with Gasteiger partial charge in [0.25, 0.3) is 5.91 Å². The predicted octanol–water partition coefficient (Wildman–Crippen LogP) is 3.90. The maximum atomic E-state index is 13.9. The summed E-state index contributed by atoms with van der Waals surface area (Å²) in [6.07, 6.45) is 11.2. The standard InChI is InChI=1S/C28H34FN7O/c1-28(2,29)16-32-26(37)23-15-33-36-9-6-18(12-24(23)36)20-10-19-11-21(19)25-22(20)14-31-27(34-25)30-13-17-4-7-35(3)8-5-17/h6,9-10,12,14-15,17,19,21H,4-5,7-8,11,13,16H2,1-3H3,(H,32,37)(H,30,31,34)/t19-,21?/m1/s1. The molecule has 3 aromatic heterocycles. The summed E-state index contributed by atoms with van der Waals surface area (Å²) in [5.74, 6) is 1.97. The monoisotopic (exact) mass is 503 g/mol. The number of rotatable bonds is 7. The lowest BCUT2D eigenvalue weighted by Crippen LogP contribution is -2.35. The van der Waals surface area contributed by atoms with Crippen LogP contribution in [0.25, 0.3) is 11.1 Å². The Labute approximate surface area is 216 Å². The largest absolute Gasteiger partial charge is 0.354 e. The summed E-state index contributed by atoms with van der Waals surface area (Å²) in [5, 5.41) is 10.5. The van der Waals surface area contributed by atoms with Crippen molar-refractivity contribution in [2.24, 2.45) is 11.8 Å². The number of pyridine rings is 1. The Hall–Kier alpha value is -3.33. The van der Waals surface area contributed by atoms with Gasteiger partial charge in [0.1, 0.15) is 5.67 Å². The van der Waals surface area contributed by atoms with E-state index in [-0.39, 0.29) is 12.5 Å². The fourth-order valence-electron chi connectivity index (χ4n) is 5.45. The molecular weight excluding hydrogens is 469 g/mol. The van der Waals surface area contributed by atoms with Crippen LogP contribution >= 0.6 is 0 Å². The molecule has 4 heterocycles. The van der Waals surface area contributed by atoms with Gasteiger partial charge in [-0.25, -0.2) is 18.9 Å². The van der Waals surface area contributed by atoms with Crippen LogP contribution in [0, 0.1) is 11.8 Å². The number of aromatic nitrogens is 4. The summed E-state index contributed by atoms with van der Waals surface area (Å²) in [6.45, 7) is 6.03. The first kappa shape index (κ1) is 24.0. The molecule has 2 atom stereocenters. The number of anilines is 1. The lowest BCUT2D eigenvalue weighted by molar-refractivity contribution is 0.0922. The second kappa shape index (κ2) is 9.20. The van der Waals surface area contributed by atoms with E-state index in [2.05, 4.69) is 38.7 Å². The van der Waals surface area contributed by atoms with E-state index in [1.807, 2.05) is 24.5 Å². The third kappa shape index (κ3) is 4.97. The summed E-state index contributed by atoms with van der Waals surface area (Å²) >= 11 is 0. The second-order valence-corrected chi connectivity index (χ2v) is 11.4.